The standard InChI is InChI=1S/C19H27N5O/c1-13-11-16-7-5-6-8-18(16)24(13)10-9-21-19(20-4)22-12-17-14(2)23-25-15(17)3/h5-8,13H,9-12H2,1-4H3,(H2,20,21,22). The first-order chi connectivity index (χ1) is 12.1. The van der Waals surface area contributed by atoms with Crippen molar-refractivity contribution in [3.63, 3.8) is 0 Å². The lowest BCUT2D eigenvalue weighted by Crippen LogP contribution is -2.42. The first-order valence-electron chi connectivity index (χ1n) is 8.81. The SMILES string of the molecule is CN=C(NCCN1c2ccccc2CC1C)NCc1c(C)noc1C. The van der Waals surface area contributed by atoms with Crippen molar-refractivity contribution in [1.82, 2.24) is 15.8 Å². The van der Waals surface area contributed by atoms with E-state index in [-0.39, 0.29) is 0 Å². The van der Waals surface area contributed by atoms with E-state index >= 15 is 0 Å². The van der Waals surface area contributed by atoms with Crippen molar-refractivity contribution in [2.24, 2.45) is 4.99 Å². The second-order valence-electron chi connectivity index (χ2n) is 6.53. The van der Waals surface area contributed by atoms with E-state index in [9.17, 15) is 0 Å². The lowest BCUT2D eigenvalue weighted by Gasteiger charge is -2.25. The molecule has 1 aromatic carbocycles. The monoisotopic (exact) mass is 341 g/mol. The van der Waals surface area contributed by atoms with E-state index in [0.29, 0.717) is 12.6 Å². The third kappa shape index (κ3) is 3.78. The molecule has 2 heterocycles. The summed E-state index contributed by atoms with van der Waals surface area (Å²) >= 11 is 0. The van der Waals surface area contributed by atoms with Crippen LogP contribution in [0.3, 0.4) is 0 Å². The van der Waals surface area contributed by atoms with Crippen molar-refractivity contribution in [3.8, 4) is 0 Å². The van der Waals surface area contributed by atoms with Crippen LogP contribution in [0.2, 0.25) is 0 Å². The molecule has 2 aromatic rings. The number of guanidine groups is 1. The zero-order valence-electron chi connectivity index (χ0n) is 15.5. The van der Waals surface area contributed by atoms with Crippen LogP contribution in [0, 0.1) is 13.8 Å². The van der Waals surface area contributed by atoms with Gasteiger partial charge in [-0.25, -0.2) is 0 Å². The first kappa shape index (κ1) is 17.3. The Bertz CT molecular complexity index is 733. The molecule has 3 rings (SSSR count). The van der Waals surface area contributed by atoms with Crippen molar-refractivity contribution in [2.45, 2.75) is 39.8 Å². The van der Waals surface area contributed by atoms with Gasteiger partial charge in [0.05, 0.1) is 5.69 Å². The molecule has 0 amide bonds. The van der Waals surface area contributed by atoms with Crippen molar-refractivity contribution < 1.29 is 4.52 Å². The van der Waals surface area contributed by atoms with Crippen molar-refractivity contribution >= 4 is 11.6 Å². The maximum atomic E-state index is 5.20. The molecule has 0 fully saturated rings. The molecule has 0 bridgehead atoms. The van der Waals surface area contributed by atoms with Crippen molar-refractivity contribution in [1.29, 1.82) is 0 Å². The number of anilines is 1. The van der Waals surface area contributed by atoms with Crippen LogP contribution in [0.5, 0.6) is 0 Å². The van der Waals surface area contributed by atoms with Crippen molar-refractivity contribution in [2.75, 3.05) is 25.0 Å². The molecule has 6 heteroatoms. The fourth-order valence-corrected chi connectivity index (χ4v) is 3.41. The van der Waals surface area contributed by atoms with Gasteiger partial charge in [-0.2, -0.15) is 0 Å². The number of benzene rings is 1. The molecule has 1 unspecified atom stereocenters. The second-order valence-corrected chi connectivity index (χ2v) is 6.53. The lowest BCUT2D eigenvalue weighted by molar-refractivity contribution is 0.392. The number of fused-ring (bicyclic) bond motifs is 1. The molecule has 1 aliphatic rings. The predicted octanol–water partition coefficient (Wildman–Crippen LogP) is 2.41. The smallest absolute Gasteiger partial charge is 0.191 e. The summed E-state index contributed by atoms with van der Waals surface area (Å²) in [6, 6.07) is 9.21. The number of hydrogen-bond donors (Lipinski definition) is 2. The van der Waals surface area contributed by atoms with E-state index in [1.54, 1.807) is 7.05 Å². The van der Waals surface area contributed by atoms with Gasteiger partial charge in [0.15, 0.2) is 5.96 Å². The molecule has 0 saturated carbocycles. The molecular formula is C19H27N5O. The highest BCUT2D eigenvalue weighted by molar-refractivity contribution is 5.79. The minimum Gasteiger partial charge on any atom is -0.367 e. The lowest BCUT2D eigenvalue weighted by atomic mass is 10.1. The van der Waals surface area contributed by atoms with Gasteiger partial charge in [0.1, 0.15) is 5.76 Å². The number of aryl methyl sites for hydroxylation is 2. The van der Waals surface area contributed by atoms with E-state index in [0.717, 1.165) is 42.5 Å². The summed E-state index contributed by atoms with van der Waals surface area (Å²) in [6.45, 7) is 8.60. The van der Waals surface area contributed by atoms with Crippen LogP contribution in [0.15, 0.2) is 33.8 Å². The van der Waals surface area contributed by atoms with Gasteiger partial charge in [-0.1, -0.05) is 23.4 Å². The molecule has 25 heavy (non-hydrogen) atoms. The summed E-state index contributed by atoms with van der Waals surface area (Å²) < 4.78 is 5.20. The Hall–Kier alpha value is -2.50. The zero-order chi connectivity index (χ0) is 17.8. The highest BCUT2D eigenvalue weighted by Gasteiger charge is 2.24. The second kappa shape index (κ2) is 7.59. The summed E-state index contributed by atoms with van der Waals surface area (Å²) in [4.78, 5) is 6.76. The van der Waals surface area contributed by atoms with Gasteiger partial charge in [0, 0.05) is 44.0 Å². The van der Waals surface area contributed by atoms with E-state index in [4.69, 9.17) is 4.52 Å². The van der Waals surface area contributed by atoms with Gasteiger partial charge in [-0.05, 0) is 38.8 Å². The third-order valence-electron chi connectivity index (χ3n) is 4.83. The predicted molar refractivity (Wildman–Crippen MR) is 101 cm³/mol. The Morgan fingerprint density at radius 3 is 2.84 bits per heavy atom. The Balaban J connectivity index is 1.51. The fraction of sp³-hybridized carbons (Fsp3) is 0.474. The Labute approximate surface area is 149 Å². The fourth-order valence-electron chi connectivity index (χ4n) is 3.41. The van der Waals surface area contributed by atoms with Crippen LogP contribution in [-0.2, 0) is 13.0 Å². The van der Waals surface area contributed by atoms with Crippen molar-refractivity contribution in [3.05, 3.63) is 46.8 Å². The largest absolute Gasteiger partial charge is 0.367 e. The number of aliphatic imine (C=N–C) groups is 1. The Morgan fingerprint density at radius 2 is 2.12 bits per heavy atom. The summed E-state index contributed by atoms with van der Waals surface area (Å²) in [5, 5.41) is 10.7. The summed E-state index contributed by atoms with van der Waals surface area (Å²) in [6.07, 6.45) is 1.12. The quantitative estimate of drug-likeness (QED) is 0.646. The molecular weight excluding hydrogens is 314 g/mol. The number of nitrogens with zero attached hydrogens (tertiary/aromatic N) is 3. The molecule has 1 aliphatic heterocycles. The van der Waals surface area contributed by atoms with Crippen LogP contribution in [-0.4, -0.2) is 37.3 Å². The minimum atomic E-state index is 0.538. The molecule has 0 saturated heterocycles. The highest BCUT2D eigenvalue weighted by atomic mass is 16.5. The van der Waals surface area contributed by atoms with Crippen LogP contribution >= 0.6 is 0 Å². The molecule has 1 aromatic heterocycles. The van der Waals surface area contributed by atoms with Crippen LogP contribution < -0.4 is 15.5 Å². The average Bonchev–Trinajstić information content (AvgIpc) is 3.10. The number of aromatic nitrogens is 1. The van der Waals surface area contributed by atoms with E-state index in [1.165, 1.54) is 11.3 Å². The van der Waals surface area contributed by atoms with E-state index < -0.39 is 0 Å². The van der Waals surface area contributed by atoms with Gasteiger partial charge in [-0.3, -0.25) is 4.99 Å². The maximum absolute atomic E-state index is 5.20. The van der Waals surface area contributed by atoms with Gasteiger partial charge < -0.3 is 20.1 Å². The van der Waals surface area contributed by atoms with E-state index in [2.05, 4.69) is 56.9 Å². The number of para-hydroxylation sites is 1. The molecule has 0 aliphatic carbocycles. The van der Waals surface area contributed by atoms with Gasteiger partial charge >= 0.3 is 0 Å². The minimum absolute atomic E-state index is 0.538. The molecule has 0 spiro atoms. The maximum Gasteiger partial charge on any atom is 0.191 e. The average molecular weight is 341 g/mol. The molecule has 6 nitrogen and oxygen atoms in total. The zero-order valence-corrected chi connectivity index (χ0v) is 15.5. The normalized spacial score (nSPS) is 16.9. The molecule has 1 atom stereocenters. The van der Waals surface area contributed by atoms with Crippen LogP contribution in [0.4, 0.5) is 5.69 Å². The first-order valence-corrected chi connectivity index (χ1v) is 8.81. The van der Waals surface area contributed by atoms with Gasteiger partial charge in [0.2, 0.25) is 0 Å². The number of rotatable bonds is 5. The Morgan fingerprint density at radius 1 is 1.32 bits per heavy atom. The molecule has 134 valence electrons. The van der Waals surface area contributed by atoms with Gasteiger partial charge in [0.25, 0.3) is 0 Å². The number of hydrogen-bond acceptors (Lipinski definition) is 4. The summed E-state index contributed by atoms with van der Waals surface area (Å²) in [5.74, 6) is 1.64. The molecule has 2 N–H and O–H groups in total. The summed E-state index contributed by atoms with van der Waals surface area (Å²) in [5.41, 5.74) is 4.80. The number of nitrogens with one attached hydrogen (secondary N) is 2. The highest BCUT2D eigenvalue weighted by Crippen LogP contribution is 2.31. The van der Waals surface area contributed by atoms with E-state index in [1.807, 2.05) is 13.8 Å². The van der Waals surface area contributed by atoms with Crippen LogP contribution in [0.25, 0.3) is 0 Å². The summed E-state index contributed by atoms with van der Waals surface area (Å²) in [7, 11) is 1.79. The molecule has 0 radical (unpaired) electrons. The topological polar surface area (TPSA) is 65.7 Å². The van der Waals surface area contributed by atoms with Gasteiger partial charge in [-0.15, -0.1) is 0 Å². The van der Waals surface area contributed by atoms with Crippen LogP contribution in [0.1, 0.15) is 29.5 Å². The third-order valence-corrected chi connectivity index (χ3v) is 4.83. The Kier molecular flexibility index (Phi) is 5.26.